The molecule has 0 bridgehead atoms. The van der Waals surface area contributed by atoms with Gasteiger partial charge in [0.1, 0.15) is 18.8 Å². The molecular weight excluding hydrogens is 324 g/mol. The summed E-state index contributed by atoms with van der Waals surface area (Å²) in [6.45, 7) is 3.37. The highest BCUT2D eigenvalue weighted by Gasteiger charge is 2.07. The number of quaternary nitrogens is 1. The highest BCUT2D eigenvalue weighted by molar-refractivity contribution is 5.58. The predicted octanol–water partition coefficient (Wildman–Crippen LogP) is -0.337. The smallest absolute Gasteiger partial charge is 0.158 e. The van der Waals surface area contributed by atoms with Gasteiger partial charge in [0.05, 0.1) is 11.8 Å². The molecule has 0 spiro atoms. The van der Waals surface area contributed by atoms with Crippen molar-refractivity contribution in [3.63, 3.8) is 0 Å². The molecule has 2 aromatic heterocycles. The fourth-order valence-corrected chi connectivity index (χ4v) is 2.45. The number of benzene rings is 1. The summed E-state index contributed by atoms with van der Waals surface area (Å²) in [5, 5.41) is 11.7. The van der Waals surface area contributed by atoms with Crippen molar-refractivity contribution >= 4 is 0 Å². The van der Waals surface area contributed by atoms with Gasteiger partial charge in [0.25, 0.3) is 0 Å². The number of hydrogen-bond acceptors (Lipinski definition) is 3. The molecule has 1 atom stereocenters. The molecule has 5 heteroatoms. The van der Waals surface area contributed by atoms with Gasteiger partial charge < -0.3 is 27.2 Å². The van der Waals surface area contributed by atoms with Crippen LogP contribution in [0.3, 0.4) is 0 Å². The molecule has 3 N–H and O–H groups in total. The highest BCUT2D eigenvalue weighted by Crippen LogP contribution is 2.23. The zero-order valence-corrected chi connectivity index (χ0v) is 14.3. The molecule has 1 aromatic carbocycles. The van der Waals surface area contributed by atoms with Gasteiger partial charge in [-0.25, -0.2) is 0 Å². The molecule has 4 nitrogen and oxygen atoms in total. The van der Waals surface area contributed by atoms with E-state index in [1.54, 1.807) is 6.92 Å². The molecular formula is C19H21ClN2O2. The van der Waals surface area contributed by atoms with Crippen LogP contribution in [-0.2, 0) is 13.1 Å². The van der Waals surface area contributed by atoms with Crippen LogP contribution in [0.25, 0.3) is 11.3 Å². The van der Waals surface area contributed by atoms with Crippen LogP contribution >= 0.6 is 0 Å². The van der Waals surface area contributed by atoms with Crippen LogP contribution in [0, 0.1) is 0 Å². The SMILES string of the molecule is CC(O)c1ccc(-c2ccc(C[NH2+]Cc3ccccn3)o2)cc1.[Cl-]. The molecule has 126 valence electrons. The molecule has 0 amide bonds. The van der Waals surface area contributed by atoms with E-state index in [0.717, 1.165) is 41.4 Å². The Labute approximate surface area is 148 Å². The third-order valence-electron chi connectivity index (χ3n) is 3.76. The van der Waals surface area contributed by atoms with Crippen molar-refractivity contribution in [3.8, 4) is 11.3 Å². The number of nitrogens with two attached hydrogens (primary N) is 1. The highest BCUT2D eigenvalue weighted by atomic mass is 35.5. The number of aliphatic hydroxyl groups is 1. The Bertz CT molecular complexity index is 740. The van der Waals surface area contributed by atoms with E-state index in [9.17, 15) is 5.11 Å². The van der Waals surface area contributed by atoms with Crippen LogP contribution in [-0.4, -0.2) is 10.1 Å². The molecule has 0 radical (unpaired) electrons. The van der Waals surface area contributed by atoms with Crippen molar-refractivity contribution in [2.75, 3.05) is 0 Å². The number of halogens is 1. The number of hydrogen-bond donors (Lipinski definition) is 2. The molecule has 3 aromatic rings. The normalized spacial score (nSPS) is 11.8. The average Bonchev–Trinajstić information content (AvgIpc) is 3.05. The molecule has 0 aliphatic heterocycles. The second-order valence-corrected chi connectivity index (χ2v) is 5.58. The summed E-state index contributed by atoms with van der Waals surface area (Å²) in [5.41, 5.74) is 2.99. The number of furan rings is 1. The molecule has 24 heavy (non-hydrogen) atoms. The standard InChI is InChI=1S/C19H20N2O2.ClH/c1-14(22)15-5-7-16(8-6-15)19-10-9-18(23-19)13-20-12-17-4-2-3-11-21-17;/h2-11,14,20,22H,12-13H2,1H3;1H. The first kappa shape index (κ1) is 18.2. The number of pyridine rings is 1. The quantitative estimate of drug-likeness (QED) is 0.643. The summed E-state index contributed by atoms with van der Waals surface area (Å²) < 4.78 is 5.89. The number of aliphatic hydroxyl groups excluding tert-OH is 1. The summed E-state index contributed by atoms with van der Waals surface area (Å²) in [5.74, 6) is 1.79. The van der Waals surface area contributed by atoms with Gasteiger partial charge in [-0.05, 0) is 36.8 Å². The first-order valence-corrected chi connectivity index (χ1v) is 7.81. The van der Waals surface area contributed by atoms with E-state index in [1.807, 2.05) is 60.8 Å². The Balaban J connectivity index is 0.00000208. The number of rotatable bonds is 6. The van der Waals surface area contributed by atoms with E-state index in [2.05, 4.69) is 10.3 Å². The minimum Gasteiger partial charge on any atom is -1.00 e. The second-order valence-electron chi connectivity index (χ2n) is 5.58. The number of aromatic nitrogens is 1. The molecule has 0 fully saturated rings. The van der Waals surface area contributed by atoms with Crippen molar-refractivity contribution < 1.29 is 27.2 Å². The van der Waals surface area contributed by atoms with Gasteiger partial charge in [-0.3, -0.25) is 4.98 Å². The Morgan fingerprint density at radius 3 is 2.50 bits per heavy atom. The summed E-state index contributed by atoms with van der Waals surface area (Å²) >= 11 is 0. The van der Waals surface area contributed by atoms with Crippen molar-refractivity contribution in [1.82, 2.24) is 4.98 Å². The lowest BCUT2D eigenvalue weighted by molar-refractivity contribution is -0.688. The molecule has 0 saturated carbocycles. The first-order chi connectivity index (χ1) is 11.2. The Kier molecular flexibility index (Phi) is 6.55. The zero-order valence-electron chi connectivity index (χ0n) is 13.5. The van der Waals surface area contributed by atoms with Crippen LogP contribution in [0.5, 0.6) is 0 Å². The maximum atomic E-state index is 9.55. The molecule has 0 aliphatic rings. The van der Waals surface area contributed by atoms with Crippen molar-refractivity contribution in [2.45, 2.75) is 26.1 Å². The monoisotopic (exact) mass is 344 g/mol. The molecule has 0 aliphatic carbocycles. The first-order valence-electron chi connectivity index (χ1n) is 7.81. The minimum atomic E-state index is -0.447. The van der Waals surface area contributed by atoms with E-state index >= 15 is 0 Å². The van der Waals surface area contributed by atoms with Gasteiger partial charge in [-0.2, -0.15) is 0 Å². The van der Waals surface area contributed by atoms with Gasteiger partial charge in [0.2, 0.25) is 0 Å². The molecule has 2 heterocycles. The van der Waals surface area contributed by atoms with Gasteiger partial charge in [0.15, 0.2) is 5.76 Å². The fourth-order valence-electron chi connectivity index (χ4n) is 2.45. The lowest BCUT2D eigenvalue weighted by Gasteiger charge is -2.04. The van der Waals surface area contributed by atoms with E-state index in [1.165, 1.54) is 0 Å². The second kappa shape index (κ2) is 8.64. The van der Waals surface area contributed by atoms with Gasteiger partial charge in [-0.15, -0.1) is 0 Å². The van der Waals surface area contributed by atoms with E-state index in [-0.39, 0.29) is 12.4 Å². The van der Waals surface area contributed by atoms with Crippen molar-refractivity contribution in [2.24, 2.45) is 0 Å². The minimum absolute atomic E-state index is 0. The van der Waals surface area contributed by atoms with Crippen LogP contribution in [0.15, 0.2) is 65.2 Å². The molecule has 3 rings (SSSR count). The third-order valence-corrected chi connectivity index (χ3v) is 3.76. The summed E-state index contributed by atoms with van der Waals surface area (Å²) in [7, 11) is 0. The Hall–Kier alpha value is -2.14. The summed E-state index contributed by atoms with van der Waals surface area (Å²) in [6, 6.07) is 17.7. The zero-order chi connectivity index (χ0) is 16.1. The van der Waals surface area contributed by atoms with Gasteiger partial charge in [0, 0.05) is 11.8 Å². The van der Waals surface area contributed by atoms with Crippen LogP contribution in [0.2, 0.25) is 0 Å². The van der Waals surface area contributed by atoms with Crippen LogP contribution in [0.4, 0.5) is 0 Å². The lowest BCUT2D eigenvalue weighted by atomic mass is 10.1. The molecule has 1 unspecified atom stereocenters. The lowest BCUT2D eigenvalue weighted by Crippen LogP contribution is -3.00. The van der Waals surface area contributed by atoms with Gasteiger partial charge in [-0.1, -0.05) is 30.3 Å². The van der Waals surface area contributed by atoms with E-state index in [4.69, 9.17) is 4.42 Å². The maximum Gasteiger partial charge on any atom is 0.158 e. The largest absolute Gasteiger partial charge is 1.00 e. The predicted molar refractivity (Wildman–Crippen MR) is 88.3 cm³/mol. The van der Waals surface area contributed by atoms with Gasteiger partial charge >= 0.3 is 0 Å². The van der Waals surface area contributed by atoms with E-state index in [0.29, 0.717) is 0 Å². The summed E-state index contributed by atoms with van der Waals surface area (Å²) in [4.78, 5) is 4.30. The number of nitrogens with zero attached hydrogens (tertiary/aromatic N) is 1. The van der Waals surface area contributed by atoms with E-state index < -0.39 is 6.10 Å². The van der Waals surface area contributed by atoms with Crippen LogP contribution < -0.4 is 17.7 Å². The Morgan fingerprint density at radius 2 is 1.83 bits per heavy atom. The average molecular weight is 345 g/mol. The summed E-state index contributed by atoms with van der Waals surface area (Å²) in [6.07, 6.45) is 1.36. The fraction of sp³-hybridized carbons (Fsp3) is 0.211. The van der Waals surface area contributed by atoms with Crippen LogP contribution in [0.1, 0.15) is 30.0 Å². The van der Waals surface area contributed by atoms with Crippen molar-refractivity contribution in [1.29, 1.82) is 0 Å². The maximum absolute atomic E-state index is 9.55. The Morgan fingerprint density at radius 1 is 1.04 bits per heavy atom. The topological polar surface area (TPSA) is 62.9 Å². The van der Waals surface area contributed by atoms with Crippen molar-refractivity contribution in [3.05, 3.63) is 77.8 Å². The third kappa shape index (κ3) is 4.68. The molecule has 0 saturated heterocycles.